The number of hydrogen-bond donors (Lipinski definition) is 0. The molecule has 0 bridgehead atoms. The van der Waals surface area contributed by atoms with Gasteiger partial charge >= 0.3 is 0 Å². The lowest BCUT2D eigenvalue weighted by Gasteiger charge is -2.13. The molecule has 0 saturated heterocycles. The van der Waals surface area contributed by atoms with Crippen LogP contribution in [0, 0.1) is 17.0 Å². The van der Waals surface area contributed by atoms with Crippen molar-refractivity contribution in [3.05, 3.63) is 33.9 Å². The monoisotopic (exact) mass is 221 g/mol. The minimum atomic E-state index is -0.366. The molecule has 4 nitrogen and oxygen atoms in total. The topological polar surface area (TPSA) is 52.4 Å². The second-order valence-corrected chi connectivity index (χ2v) is 4.23. The number of hydrogen-bond acceptors (Lipinski definition) is 3. The van der Waals surface area contributed by atoms with Gasteiger partial charge in [0.25, 0.3) is 5.69 Å². The standard InChI is InChI=1S/C12H15NO3/c1-9-8-11(6-7-12(9)13(14)15)16-10-4-2-3-5-10/h6-8,10H,2-5H2,1H3. The number of ether oxygens (including phenoxy) is 1. The number of rotatable bonds is 3. The molecular formula is C12H15NO3. The first-order valence-electron chi connectivity index (χ1n) is 5.58. The summed E-state index contributed by atoms with van der Waals surface area (Å²) in [4.78, 5) is 10.3. The maximum Gasteiger partial charge on any atom is 0.272 e. The number of aryl methyl sites for hydroxylation is 1. The van der Waals surface area contributed by atoms with E-state index in [1.807, 2.05) is 0 Å². The lowest BCUT2D eigenvalue weighted by molar-refractivity contribution is -0.385. The molecule has 0 aromatic heterocycles. The molecule has 0 atom stereocenters. The molecule has 0 amide bonds. The molecule has 4 heteroatoms. The zero-order valence-electron chi connectivity index (χ0n) is 9.31. The highest BCUT2D eigenvalue weighted by Gasteiger charge is 2.17. The van der Waals surface area contributed by atoms with Crippen LogP contribution in [0.5, 0.6) is 5.75 Å². The van der Waals surface area contributed by atoms with E-state index in [4.69, 9.17) is 4.74 Å². The first-order valence-corrected chi connectivity index (χ1v) is 5.58. The molecule has 0 aliphatic heterocycles. The van der Waals surface area contributed by atoms with Gasteiger partial charge in [-0.2, -0.15) is 0 Å². The van der Waals surface area contributed by atoms with Crippen molar-refractivity contribution in [1.29, 1.82) is 0 Å². The molecule has 0 heterocycles. The molecule has 0 radical (unpaired) electrons. The van der Waals surface area contributed by atoms with E-state index in [-0.39, 0.29) is 10.6 Å². The van der Waals surface area contributed by atoms with Crippen molar-refractivity contribution in [2.75, 3.05) is 0 Å². The van der Waals surface area contributed by atoms with Gasteiger partial charge in [0.05, 0.1) is 11.0 Å². The summed E-state index contributed by atoms with van der Waals surface area (Å²) in [6.07, 6.45) is 4.92. The van der Waals surface area contributed by atoms with Gasteiger partial charge in [0, 0.05) is 11.6 Å². The van der Waals surface area contributed by atoms with Gasteiger partial charge in [-0.1, -0.05) is 0 Å². The van der Waals surface area contributed by atoms with Crippen molar-refractivity contribution in [3.63, 3.8) is 0 Å². The highest BCUT2D eigenvalue weighted by atomic mass is 16.6. The zero-order chi connectivity index (χ0) is 11.5. The van der Waals surface area contributed by atoms with Gasteiger partial charge in [0.1, 0.15) is 5.75 Å². The summed E-state index contributed by atoms with van der Waals surface area (Å²) in [6.45, 7) is 1.74. The molecule has 1 aliphatic carbocycles. The van der Waals surface area contributed by atoms with Crippen LogP contribution in [0.2, 0.25) is 0 Å². The number of nitro groups is 1. The molecule has 0 spiro atoms. The van der Waals surface area contributed by atoms with Crippen molar-refractivity contribution < 1.29 is 9.66 Å². The van der Waals surface area contributed by atoms with Gasteiger partial charge < -0.3 is 4.74 Å². The third-order valence-corrected chi connectivity index (χ3v) is 2.97. The minimum absolute atomic E-state index is 0.152. The van der Waals surface area contributed by atoms with Crippen molar-refractivity contribution in [2.24, 2.45) is 0 Å². The average molecular weight is 221 g/mol. The van der Waals surface area contributed by atoms with E-state index < -0.39 is 0 Å². The summed E-state index contributed by atoms with van der Waals surface area (Å²) in [5, 5.41) is 10.6. The van der Waals surface area contributed by atoms with E-state index in [0.29, 0.717) is 11.7 Å². The van der Waals surface area contributed by atoms with E-state index in [9.17, 15) is 10.1 Å². The lowest BCUT2D eigenvalue weighted by Crippen LogP contribution is -2.10. The predicted octanol–water partition coefficient (Wildman–Crippen LogP) is 3.22. The molecule has 1 aromatic rings. The van der Waals surface area contributed by atoms with Crippen LogP contribution in [0.25, 0.3) is 0 Å². The Kier molecular flexibility index (Phi) is 3.08. The highest BCUT2D eigenvalue weighted by molar-refractivity contribution is 5.44. The molecule has 0 N–H and O–H groups in total. The molecule has 16 heavy (non-hydrogen) atoms. The van der Waals surface area contributed by atoms with Crippen LogP contribution in [-0.4, -0.2) is 11.0 Å². The summed E-state index contributed by atoms with van der Waals surface area (Å²) in [6, 6.07) is 4.94. The second-order valence-electron chi connectivity index (χ2n) is 4.23. The molecule has 1 aromatic carbocycles. The van der Waals surface area contributed by atoms with Crippen LogP contribution < -0.4 is 4.74 Å². The maximum atomic E-state index is 10.6. The normalized spacial score (nSPS) is 16.3. The van der Waals surface area contributed by atoms with Crippen LogP contribution in [0.3, 0.4) is 0 Å². The summed E-state index contributed by atoms with van der Waals surface area (Å²) in [7, 11) is 0. The number of benzene rings is 1. The van der Waals surface area contributed by atoms with Crippen LogP contribution in [-0.2, 0) is 0 Å². The average Bonchev–Trinajstić information content (AvgIpc) is 2.70. The van der Waals surface area contributed by atoms with Crippen molar-refractivity contribution in [2.45, 2.75) is 38.7 Å². The molecule has 1 saturated carbocycles. The van der Waals surface area contributed by atoms with Crippen LogP contribution in [0.1, 0.15) is 31.2 Å². The van der Waals surface area contributed by atoms with E-state index in [0.717, 1.165) is 18.6 Å². The van der Waals surface area contributed by atoms with Crippen molar-refractivity contribution >= 4 is 5.69 Å². The summed E-state index contributed by atoms with van der Waals surface area (Å²) < 4.78 is 5.77. The molecule has 1 aliphatic rings. The van der Waals surface area contributed by atoms with Gasteiger partial charge in [-0.15, -0.1) is 0 Å². The van der Waals surface area contributed by atoms with Gasteiger partial charge in [-0.05, 0) is 44.7 Å². The largest absolute Gasteiger partial charge is 0.490 e. The Morgan fingerprint density at radius 2 is 2.06 bits per heavy atom. The van der Waals surface area contributed by atoms with Gasteiger partial charge in [0.2, 0.25) is 0 Å². The Hall–Kier alpha value is -1.58. The van der Waals surface area contributed by atoms with Crippen molar-refractivity contribution in [1.82, 2.24) is 0 Å². The van der Waals surface area contributed by atoms with Gasteiger partial charge in [-0.25, -0.2) is 0 Å². The Labute approximate surface area is 94.4 Å². The summed E-state index contributed by atoms with van der Waals surface area (Å²) in [5.74, 6) is 0.745. The minimum Gasteiger partial charge on any atom is -0.490 e. The van der Waals surface area contributed by atoms with Crippen LogP contribution >= 0.6 is 0 Å². The third kappa shape index (κ3) is 2.32. The van der Waals surface area contributed by atoms with E-state index in [1.54, 1.807) is 19.1 Å². The Morgan fingerprint density at radius 1 is 1.38 bits per heavy atom. The quantitative estimate of drug-likeness (QED) is 0.581. The fourth-order valence-corrected chi connectivity index (χ4v) is 2.10. The van der Waals surface area contributed by atoms with E-state index >= 15 is 0 Å². The third-order valence-electron chi connectivity index (χ3n) is 2.97. The zero-order valence-corrected chi connectivity index (χ0v) is 9.31. The number of nitrogens with zero attached hydrogens (tertiary/aromatic N) is 1. The SMILES string of the molecule is Cc1cc(OC2CCCC2)ccc1[N+](=O)[O-]. The molecule has 0 unspecified atom stereocenters. The Bertz CT molecular complexity index is 397. The maximum absolute atomic E-state index is 10.6. The fraction of sp³-hybridized carbons (Fsp3) is 0.500. The van der Waals surface area contributed by atoms with Crippen molar-refractivity contribution in [3.8, 4) is 5.75 Å². The second kappa shape index (κ2) is 4.51. The molecule has 2 rings (SSSR count). The van der Waals surface area contributed by atoms with Gasteiger partial charge in [0.15, 0.2) is 0 Å². The lowest BCUT2D eigenvalue weighted by atomic mass is 10.2. The van der Waals surface area contributed by atoms with Crippen LogP contribution in [0.4, 0.5) is 5.69 Å². The Balaban J connectivity index is 2.11. The highest BCUT2D eigenvalue weighted by Crippen LogP contribution is 2.27. The van der Waals surface area contributed by atoms with E-state index in [1.165, 1.54) is 18.9 Å². The first-order chi connectivity index (χ1) is 7.66. The first kappa shape index (κ1) is 10.9. The molecule has 86 valence electrons. The summed E-state index contributed by atoms with van der Waals surface area (Å²) >= 11 is 0. The predicted molar refractivity (Wildman–Crippen MR) is 60.7 cm³/mol. The van der Waals surface area contributed by atoms with E-state index in [2.05, 4.69) is 0 Å². The smallest absolute Gasteiger partial charge is 0.272 e. The molecule has 1 fully saturated rings. The Morgan fingerprint density at radius 3 is 2.62 bits per heavy atom. The van der Waals surface area contributed by atoms with Crippen LogP contribution in [0.15, 0.2) is 18.2 Å². The molecular weight excluding hydrogens is 206 g/mol. The summed E-state index contributed by atoms with van der Waals surface area (Å²) in [5.41, 5.74) is 0.805. The van der Waals surface area contributed by atoms with Gasteiger partial charge in [-0.3, -0.25) is 10.1 Å². The fourth-order valence-electron chi connectivity index (χ4n) is 2.10. The number of nitro benzene ring substituents is 1.